The van der Waals surface area contributed by atoms with E-state index in [1.807, 2.05) is 31.3 Å². The summed E-state index contributed by atoms with van der Waals surface area (Å²) in [7, 11) is 3.96. The normalized spacial score (nSPS) is 19.5. The number of hydrogen-bond donors (Lipinski definition) is 1. The standard InChI is InChI=1S/C18H28N6OS/c1-4-24(8-7-22(2)13-25)26-11-14-9-15(10-14)23(3)18-16-5-6-19-17(16)20-12-21-18/h5-6,12-15H,4,7-11H2,1-3H3,(H,19,20,21)/t14-,15+. The predicted octanol–water partition coefficient (Wildman–Crippen LogP) is 2.23. The summed E-state index contributed by atoms with van der Waals surface area (Å²) in [5.74, 6) is 2.90. The molecule has 142 valence electrons. The van der Waals surface area contributed by atoms with Crippen LogP contribution in [0.25, 0.3) is 11.0 Å². The molecule has 0 aliphatic heterocycles. The minimum absolute atomic E-state index is 0.546. The third-order valence-corrected chi connectivity index (χ3v) is 6.58. The molecule has 0 saturated heterocycles. The van der Waals surface area contributed by atoms with Crippen LogP contribution in [0.5, 0.6) is 0 Å². The number of nitrogens with zero attached hydrogens (tertiary/aromatic N) is 5. The first-order chi connectivity index (χ1) is 12.6. The van der Waals surface area contributed by atoms with Crippen LogP contribution in [0.3, 0.4) is 0 Å². The van der Waals surface area contributed by atoms with Gasteiger partial charge >= 0.3 is 0 Å². The lowest BCUT2D eigenvalue weighted by Gasteiger charge is -2.42. The highest BCUT2D eigenvalue weighted by atomic mass is 32.2. The highest BCUT2D eigenvalue weighted by molar-refractivity contribution is 7.97. The van der Waals surface area contributed by atoms with Crippen molar-refractivity contribution in [2.24, 2.45) is 5.92 Å². The Morgan fingerprint density at radius 1 is 1.31 bits per heavy atom. The van der Waals surface area contributed by atoms with Crippen LogP contribution in [-0.4, -0.2) is 76.1 Å². The molecule has 0 bridgehead atoms. The lowest BCUT2D eigenvalue weighted by Crippen LogP contribution is -2.44. The van der Waals surface area contributed by atoms with E-state index in [0.29, 0.717) is 6.04 Å². The number of aromatic amines is 1. The van der Waals surface area contributed by atoms with Gasteiger partial charge in [-0.05, 0) is 24.8 Å². The zero-order valence-electron chi connectivity index (χ0n) is 15.8. The van der Waals surface area contributed by atoms with Crippen molar-refractivity contribution < 1.29 is 4.79 Å². The molecule has 8 heteroatoms. The molecule has 0 spiro atoms. The number of aromatic nitrogens is 3. The quantitative estimate of drug-likeness (QED) is 0.507. The molecule has 0 radical (unpaired) electrons. The van der Waals surface area contributed by atoms with Gasteiger partial charge in [0.05, 0.1) is 5.39 Å². The Labute approximate surface area is 159 Å². The van der Waals surface area contributed by atoms with Crippen molar-refractivity contribution in [2.45, 2.75) is 25.8 Å². The van der Waals surface area contributed by atoms with Gasteiger partial charge in [-0.15, -0.1) is 0 Å². The van der Waals surface area contributed by atoms with Crippen LogP contribution in [0.1, 0.15) is 19.8 Å². The fourth-order valence-electron chi connectivity index (χ4n) is 3.31. The van der Waals surface area contributed by atoms with Gasteiger partial charge < -0.3 is 14.8 Å². The number of nitrogens with one attached hydrogen (secondary N) is 1. The summed E-state index contributed by atoms with van der Waals surface area (Å²) >= 11 is 1.91. The van der Waals surface area contributed by atoms with Gasteiger partial charge in [0.25, 0.3) is 0 Å². The molecular weight excluding hydrogens is 348 g/mol. The molecule has 2 aromatic heterocycles. The average molecular weight is 377 g/mol. The van der Waals surface area contributed by atoms with E-state index in [2.05, 4.69) is 38.1 Å². The van der Waals surface area contributed by atoms with E-state index < -0.39 is 0 Å². The van der Waals surface area contributed by atoms with Crippen LogP contribution in [0, 0.1) is 5.92 Å². The second kappa shape index (κ2) is 8.73. The maximum atomic E-state index is 10.7. The highest BCUT2D eigenvalue weighted by Crippen LogP contribution is 2.37. The third kappa shape index (κ3) is 4.29. The number of hydrogen-bond acceptors (Lipinski definition) is 6. The molecular formula is C18H28N6OS. The number of anilines is 1. The van der Waals surface area contributed by atoms with Crippen LogP contribution in [-0.2, 0) is 4.79 Å². The maximum Gasteiger partial charge on any atom is 0.209 e. The van der Waals surface area contributed by atoms with E-state index in [-0.39, 0.29) is 0 Å². The Hall–Kier alpha value is -1.80. The number of amides is 1. The molecule has 1 N–H and O–H groups in total. The Bertz CT molecular complexity index is 717. The van der Waals surface area contributed by atoms with E-state index >= 15 is 0 Å². The minimum Gasteiger partial charge on any atom is -0.356 e. The summed E-state index contributed by atoms with van der Waals surface area (Å²) in [6.45, 7) is 4.86. The Morgan fingerprint density at radius 2 is 2.12 bits per heavy atom. The van der Waals surface area contributed by atoms with Crippen molar-refractivity contribution in [3.8, 4) is 0 Å². The second-order valence-electron chi connectivity index (χ2n) is 6.94. The number of carbonyl (C=O) groups excluding carboxylic acids is 1. The molecule has 1 saturated carbocycles. The summed E-state index contributed by atoms with van der Waals surface area (Å²) in [5.41, 5.74) is 0.896. The van der Waals surface area contributed by atoms with Gasteiger partial charge in [-0.25, -0.2) is 14.3 Å². The minimum atomic E-state index is 0.546. The van der Waals surface area contributed by atoms with E-state index in [1.54, 1.807) is 11.2 Å². The molecule has 1 fully saturated rings. The fraction of sp³-hybridized carbons (Fsp3) is 0.611. The van der Waals surface area contributed by atoms with Crippen molar-refractivity contribution in [3.63, 3.8) is 0 Å². The lowest BCUT2D eigenvalue weighted by molar-refractivity contribution is -0.117. The first-order valence-electron chi connectivity index (χ1n) is 9.16. The molecule has 0 unspecified atom stereocenters. The first-order valence-corrected chi connectivity index (χ1v) is 10.1. The number of likely N-dealkylation sites (N-methyl/N-ethyl adjacent to an activating group) is 2. The van der Waals surface area contributed by atoms with Crippen LogP contribution in [0.4, 0.5) is 5.82 Å². The molecule has 26 heavy (non-hydrogen) atoms. The lowest BCUT2D eigenvalue weighted by atomic mass is 9.81. The number of rotatable bonds is 10. The maximum absolute atomic E-state index is 10.7. The molecule has 0 atom stereocenters. The monoisotopic (exact) mass is 376 g/mol. The first kappa shape index (κ1) is 19.0. The van der Waals surface area contributed by atoms with Gasteiger partial charge in [0.1, 0.15) is 17.8 Å². The summed E-state index contributed by atoms with van der Waals surface area (Å²) in [4.78, 5) is 26.6. The van der Waals surface area contributed by atoms with Crippen LogP contribution < -0.4 is 4.90 Å². The summed E-state index contributed by atoms with van der Waals surface area (Å²) < 4.78 is 2.35. The van der Waals surface area contributed by atoms with E-state index in [1.165, 1.54) is 12.8 Å². The zero-order valence-corrected chi connectivity index (χ0v) is 16.6. The largest absolute Gasteiger partial charge is 0.356 e. The number of fused-ring (bicyclic) bond motifs is 1. The van der Waals surface area contributed by atoms with Gasteiger partial charge in [-0.2, -0.15) is 0 Å². The average Bonchev–Trinajstić information content (AvgIpc) is 3.10. The van der Waals surface area contributed by atoms with Gasteiger partial charge in [-0.1, -0.05) is 18.9 Å². The SMILES string of the molecule is CCN(CCN(C)C=O)SC[C@H]1C[C@@H](N(C)c2ncnc3[nH]ccc23)C1. The topological polar surface area (TPSA) is 68.4 Å². The molecule has 1 aliphatic carbocycles. The Balaban J connectivity index is 1.45. The Kier molecular flexibility index (Phi) is 6.37. The smallest absolute Gasteiger partial charge is 0.209 e. The van der Waals surface area contributed by atoms with Crippen molar-refractivity contribution in [1.82, 2.24) is 24.2 Å². The van der Waals surface area contributed by atoms with Crippen LogP contribution in [0.2, 0.25) is 0 Å². The van der Waals surface area contributed by atoms with Crippen molar-refractivity contribution in [3.05, 3.63) is 18.6 Å². The Morgan fingerprint density at radius 3 is 2.85 bits per heavy atom. The van der Waals surface area contributed by atoms with Crippen molar-refractivity contribution in [2.75, 3.05) is 44.4 Å². The fourth-order valence-corrected chi connectivity index (χ4v) is 4.40. The molecule has 3 rings (SSSR count). The van der Waals surface area contributed by atoms with E-state index in [9.17, 15) is 4.79 Å². The zero-order chi connectivity index (χ0) is 18.5. The molecule has 1 aliphatic rings. The summed E-state index contributed by atoms with van der Waals surface area (Å²) in [6.07, 6.45) is 6.83. The van der Waals surface area contributed by atoms with E-state index in [4.69, 9.17) is 0 Å². The van der Waals surface area contributed by atoms with Gasteiger partial charge in [0.15, 0.2) is 0 Å². The third-order valence-electron chi connectivity index (χ3n) is 5.15. The molecule has 2 aromatic rings. The number of carbonyl (C=O) groups is 1. The molecule has 7 nitrogen and oxygen atoms in total. The van der Waals surface area contributed by atoms with Crippen LogP contribution >= 0.6 is 11.9 Å². The van der Waals surface area contributed by atoms with Crippen LogP contribution in [0.15, 0.2) is 18.6 Å². The van der Waals surface area contributed by atoms with Crippen molar-refractivity contribution in [1.29, 1.82) is 0 Å². The molecule has 0 aromatic carbocycles. The molecule has 2 heterocycles. The van der Waals surface area contributed by atoms with E-state index in [0.717, 1.165) is 54.6 Å². The summed E-state index contributed by atoms with van der Waals surface area (Å²) in [5, 5.41) is 1.09. The second-order valence-corrected chi connectivity index (χ2v) is 8.05. The highest BCUT2D eigenvalue weighted by Gasteiger charge is 2.33. The predicted molar refractivity (Wildman–Crippen MR) is 107 cm³/mol. The summed E-state index contributed by atoms with van der Waals surface area (Å²) in [6, 6.07) is 2.59. The van der Waals surface area contributed by atoms with Gasteiger partial charge in [0, 0.05) is 51.7 Å². The van der Waals surface area contributed by atoms with Gasteiger partial charge in [0.2, 0.25) is 6.41 Å². The van der Waals surface area contributed by atoms with Gasteiger partial charge in [-0.3, -0.25) is 4.79 Å². The molecule has 1 amide bonds. The van der Waals surface area contributed by atoms with Crippen molar-refractivity contribution >= 4 is 35.2 Å². The number of H-pyrrole nitrogens is 1.